The van der Waals surface area contributed by atoms with Gasteiger partial charge in [-0.1, -0.05) is 0 Å². The van der Waals surface area contributed by atoms with Crippen LogP contribution >= 0.6 is 0 Å². The molecule has 0 spiro atoms. The van der Waals surface area contributed by atoms with Gasteiger partial charge in [0, 0.05) is 13.0 Å². The van der Waals surface area contributed by atoms with E-state index in [2.05, 4.69) is 24.3 Å². The Kier molecular flexibility index (Phi) is 2.88. The fourth-order valence-corrected chi connectivity index (χ4v) is 1.31. The van der Waals surface area contributed by atoms with Gasteiger partial charge in [-0.25, -0.2) is 0 Å². The van der Waals surface area contributed by atoms with E-state index < -0.39 is 0 Å². The van der Waals surface area contributed by atoms with Gasteiger partial charge in [0.1, 0.15) is 0 Å². The summed E-state index contributed by atoms with van der Waals surface area (Å²) in [6.07, 6.45) is 1.86. The maximum atomic E-state index is 10.8. The van der Waals surface area contributed by atoms with E-state index in [1.165, 1.54) is 0 Å². The van der Waals surface area contributed by atoms with E-state index in [1.54, 1.807) is 0 Å². The molecule has 3 heteroatoms. The monoisotopic (exact) mass is 156 g/mol. The number of nitrogens with one attached hydrogen (secondary N) is 1. The van der Waals surface area contributed by atoms with Crippen LogP contribution in [-0.4, -0.2) is 38.0 Å². The molecule has 1 atom stereocenters. The molecule has 0 aromatic heterocycles. The van der Waals surface area contributed by atoms with Gasteiger partial charge in [-0.15, -0.1) is 0 Å². The lowest BCUT2D eigenvalue weighted by Gasteiger charge is -2.11. The summed E-state index contributed by atoms with van der Waals surface area (Å²) in [5, 5.41) is 2.84. The van der Waals surface area contributed by atoms with Crippen LogP contribution in [0.15, 0.2) is 0 Å². The van der Waals surface area contributed by atoms with Crippen molar-refractivity contribution in [3.8, 4) is 0 Å². The van der Waals surface area contributed by atoms with Crippen molar-refractivity contribution < 1.29 is 4.79 Å². The fourth-order valence-electron chi connectivity index (χ4n) is 1.31. The first-order valence-corrected chi connectivity index (χ1v) is 4.10. The molecule has 1 amide bonds. The Morgan fingerprint density at radius 2 is 2.36 bits per heavy atom. The molecule has 0 aliphatic carbocycles. The largest absolute Gasteiger partial charge is 0.356 e. The summed E-state index contributed by atoms with van der Waals surface area (Å²) >= 11 is 0. The Morgan fingerprint density at radius 1 is 1.64 bits per heavy atom. The maximum absolute atomic E-state index is 10.8. The van der Waals surface area contributed by atoms with Crippen LogP contribution in [0.3, 0.4) is 0 Å². The summed E-state index contributed by atoms with van der Waals surface area (Å²) in [6, 6.07) is 0. The van der Waals surface area contributed by atoms with E-state index in [0.717, 1.165) is 25.9 Å². The van der Waals surface area contributed by atoms with Crippen LogP contribution in [0, 0.1) is 5.92 Å². The van der Waals surface area contributed by atoms with Gasteiger partial charge in [0.2, 0.25) is 5.91 Å². The lowest BCUT2D eigenvalue weighted by Crippen LogP contribution is -2.18. The van der Waals surface area contributed by atoms with Gasteiger partial charge in [-0.05, 0) is 33.0 Å². The third kappa shape index (κ3) is 2.89. The molecule has 1 N–H and O–H groups in total. The summed E-state index contributed by atoms with van der Waals surface area (Å²) in [7, 11) is 4.12. The van der Waals surface area contributed by atoms with Crippen LogP contribution in [0.25, 0.3) is 0 Å². The van der Waals surface area contributed by atoms with Crippen molar-refractivity contribution in [1.82, 2.24) is 10.2 Å². The van der Waals surface area contributed by atoms with Crippen LogP contribution in [-0.2, 0) is 4.79 Å². The molecule has 1 heterocycles. The number of rotatable bonds is 3. The number of amides is 1. The molecule has 0 aromatic carbocycles. The summed E-state index contributed by atoms with van der Waals surface area (Å²) in [6.45, 7) is 1.96. The lowest BCUT2D eigenvalue weighted by atomic mass is 10.1. The Balaban J connectivity index is 2.13. The van der Waals surface area contributed by atoms with Crippen molar-refractivity contribution in [3.05, 3.63) is 0 Å². The zero-order valence-corrected chi connectivity index (χ0v) is 7.26. The molecular formula is C8H16N2O. The molecule has 64 valence electrons. The minimum Gasteiger partial charge on any atom is -0.356 e. The van der Waals surface area contributed by atoms with Crippen molar-refractivity contribution in [2.45, 2.75) is 12.8 Å². The first-order chi connectivity index (χ1) is 5.18. The van der Waals surface area contributed by atoms with E-state index in [1.807, 2.05) is 0 Å². The highest BCUT2D eigenvalue weighted by Crippen LogP contribution is 2.12. The number of carbonyl (C=O) groups excluding carboxylic acids is 1. The second kappa shape index (κ2) is 3.72. The van der Waals surface area contributed by atoms with Gasteiger partial charge in [0.15, 0.2) is 0 Å². The lowest BCUT2D eigenvalue weighted by molar-refractivity contribution is -0.119. The quantitative estimate of drug-likeness (QED) is 0.627. The zero-order chi connectivity index (χ0) is 8.27. The van der Waals surface area contributed by atoms with E-state index in [-0.39, 0.29) is 5.91 Å². The number of hydrogen-bond donors (Lipinski definition) is 1. The van der Waals surface area contributed by atoms with Crippen LogP contribution in [0.4, 0.5) is 0 Å². The molecule has 1 aliphatic heterocycles. The molecule has 0 bridgehead atoms. The second-order valence-electron chi connectivity index (χ2n) is 3.47. The van der Waals surface area contributed by atoms with E-state index in [4.69, 9.17) is 0 Å². The number of nitrogens with zero attached hydrogens (tertiary/aromatic N) is 1. The molecule has 1 aliphatic rings. The molecule has 11 heavy (non-hydrogen) atoms. The SMILES string of the molecule is CN(C)CCC1CNC(=O)C1. The summed E-state index contributed by atoms with van der Waals surface area (Å²) in [5.74, 6) is 0.790. The number of hydrogen-bond acceptors (Lipinski definition) is 2. The van der Waals surface area contributed by atoms with Gasteiger partial charge in [-0.2, -0.15) is 0 Å². The first-order valence-electron chi connectivity index (χ1n) is 4.10. The Labute approximate surface area is 67.8 Å². The third-order valence-corrected chi connectivity index (χ3v) is 2.05. The standard InChI is InChI=1S/C8H16N2O/c1-10(2)4-3-7-5-8(11)9-6-7/h7H,3-6H2,1-2H3,(H,9,11). The summed E-state index contributed by atoms with van der Waals surface area (Å²) in [4.78, 5) is 12.9. The summed E-state index contributed by atoms with van der Waals surface area (Å²) in [5.41, 5.74) is 0. The van der Waals surface area contributed by atoms with Crippen molar-refractivity contribution in [2.75, 3.05) is 27.2 Å². The van der Waals surface area contributed by atoms with Crippen LogP contribution in [0.5, 0.6) is 0 Å². The minimum absolute atomic E-state index is 0.216. The Hall–Kier alpha value is -0.570. The van der Waals surface area contributed by atoms with Gasteiger partial charge in [0.05, 0.1) is 0 Å². The molecule has 0 saturated carbocycles. The topological polar surface area (TPSA) is 32.3 Å². The third-order valence-electron chi connectivity index (χ3n) is 2.05. The molecule has 0 radical (unpaired) electrons. The highest BCUT2D eigenvalue weighted by atomic mass is 16.1. The van der Waals surface area contributed by atoms with E-state index in [0.29, 0.717) is 5.92 Å². The predicted octanol–water partition coefficient (Wildman–Crippen LogP) is 0.0742. The normalized spacial score (nSPS) is 24.3. The molecule has 1 fully saturated rings. The molecular weight excluding hydrogens is 140 g/mol. The summed E-state index contributed by atoms with van der Waals surface area (Å²) < 4.78 is 0. The molecule has 1 unspecified atom stereocenters. The van der Waals surface area contributed by atoms with Crippen molar-refractivity contribution in [3.63, 3.8) is 0 Å². The number of carbonyl (C=O) groups is 1. The zero-order valence-electron chi connectivity index (χ0n) is 7.26. The fraction of sp³-hybridized carbons (Fsp3) is 0.875. The van der Waals surface area contributed by atoms with Crippen molar-refractivity contribution in [1.29, 1.82) is 0 Å². The van der Waals surface area contributed by atoms with Gasteiger partial charge in [0.25, 0.3) is 0 Å². The van der Waals surface area contributed by atoms with E-state index >= 15 is 0 Å². The van der Waals surface area contributed by atoms with Crippen LogP contribution in [0.2, 0.25) is 0 Å². The first kappa shape index (κ1) is 8.53. The molecule has 0 aromatic rings. The Morgan fingerprint density at radius 3 is 2.82 bits per heavy atom. The van der Waals surface area contributed by atoms with Gasteiger partial charge >= 0.3 is 0 Å². The Bertz CT molecular complexity index is 145. The molecule has 3 nitrogen and oxygen atoms in total. The molecule has 1 rings (SSSR count). The average Bonchev–Trinajstić information content (AvgIpc) is 2.31. The highest BCUT2D eigenvalue weighted by Gasteiger charge is 2.20. The smallest absolute Gasteiger partial charge is 0.220 e. The second-order valence-corrected chi connectivity index (χ2v) is 3.47. The van der Waals surface area contributed by atoms with Gasteiger partial charge < -0.3 is 10.2 Å². The van der Waals surface area contributed by atoms with Crippen molar-refractivity contribution >= 4 is 5.91 Å². The minimum atomic E-state index is 0.216. The highest BCUT2D eigenvalue weighted by molar-refractivity contribution is 5.78. The maximum Gasteiger partial charge on any atom is 0.220 e. The predicted molar refractivity (Wildman–Crippen MR) is 44.3 cm³/mol. The van der Waals surface area contributed by atoms with E-state index in [9.17, 15) is 4.79 Å². The van der Waals surface area contributed by atoms with Crippen LogP contribution in [0.1, 0.15) is 12.8 Å². The van der Waals surface area contributed by atoms with Crippen molar-refractivity contribution in [2.24, 2.45) is 5.92 Å². The average molecular weight is 156 g/mol. The van der Waals surface area contributed by atoms with Crippen LogP contribution < -0.4 is 5.32 Å². The molecule has 1 saturated heterocycles. The van der Waals surface area contributed by atoms with Gasteiger partial charge in [-0.3, -0.25) is 4.79 Å².